The van der Waals surface area contributed by atoms with Crippen molar-refractivity contribution in [3.05, 3.63) is 78.7 Å². The SMILES string of the molecule is CC(C(=O)O)N1C(=O)C2C3CC(C2C1=O)C1C3Sc2[nH]c(=O)sc2[C@@H]1c1cc(Br)ccc1OCc1ccccc1. The quantitative estimate of drug-likeness (QED) is 0.374. The number of ether oxygens (including phenoxy) is 1. The summed E-state index contributed by atoms with van der Waals surface area (Å²) in [6.07, 6.45) is 0.730. The Hall–Kier alpha value is -2.89. The first-order valence-electron chi connectivity index (χ1n) is 13.2. The van der Waals surface area contributed by atoms with Gasteiger partial charge < -0.3 is 14.8 Å². The predicted molar refractivity (Wildman–Crippen MR) is 152 cm³/mol. The number of aromatic nitrogens is 1. The predicted octanol–water partition coefficient (Wildman–Crippen LogP) is 4.72. The van der Waals surface area contributed by atoms with Crippen LogP contribution in [0.5, 0.6) is 5.75 Å². The van der Waals surface area contributed by atoms with Gasteiger partial charge >= 0.3 is 10.8 Å². The minimum absolute atomic E-state index is 0.00629. The molecule has 3 heterocycles. The summed E-state index contributed by atoms with van der Waals surface area (Å²) in [7, 11) is 0. The van der Waals surface area contributed by atoms with Gasteiger partial charge in [-0.25, -0.2) is 4.79 Å². The summed E-state index contributed by atoms with van der Waals surface area (Å²) < 4.78 is 7.25. The number of rotatable bonds is 6. The van der Waals surface area contributed by atoms with Crippen molar-refractivity contribution in [3.8, 4) is 5.75 Å². The number of nitrogens with zero attached hydrogens (tertiary/aromatic N) is 1. The molecule has 2 N–H and O–H groups in total. The number of carbonyl (C=O) groups is 3. The van der Waals surface area contributed by atoms with Crippen molar-refractivity contribution in [3.63, 3.8) is 0 Å². The molecule has 3 fully saturated rings. The second-order valence-corrected chi connectivity index (χ2v) is 14.1. The first kappa shape index (κ1) is 26.0. The summed E-state index contributed by atoms with van der Waals surface area (Å²) in [5.41, 5.74) is 1.97. The summed E-state index contributed by atoms with van der Waals surface area (Å²) in [5.74, 6) is -2.68. The molecule has 3 aromatic rings. The summed E-state index contributed by atoms with van der Waals surface area (Å²) in [4.78, 5) is 56.3. The molecule has 2 saturated carbocycles. The Labute approximate surface area is 246 Å². The lowest BCUT2D eigenvalue weighted by molar-refractivity contribution is -0.154. The van der Waals surface area contributed by atoms with E-state index in [1.165, 1.54) is 18.3 Å². The van der Waals surface area contributed by atoms with Crippen LogP contribution >= 0.6 is 39.0 Å². The topological polar surface area (TPSA) is 117 Å². The molecule has 4 aliphatic rings. The normalized spacial score (nSPS) is 30.6. The minimum atomic E-state index is -1.20. The van der Waals surface area contributed by atoms with Crippen LogP contribution in [0, 0.1) is 29.6 Å². The Bertz CT molecular complexity index is 1610. The third kappa shape index (κ3) is 3.84. The fourth-order valence-electron chi connectivity index (χ4n) is 7.51. The molecule has 1 aromatic heterocycles. The minimum Gasteiger partial charge on any atom is -0.489 e. The lowest BCUT2D eigenvalue weighted by Crippen LogP contribution is -2.44. The Morgan fingerprint density at radius 2 is 1.85 bits per heavy atom. The van der Waals surface area contributed by atoms with E-state index >= 15 is 0 Å². The average Bonchev–Trinajstić information content (AvgIpc) is 3.67. The van der Waals surface area contributed by atoms with E-state index < -0.39 is 23.8 Å². The number of carboxylic acids is 1. The van der Waals surface area contributed by atoms with Crippen molar-refractivity contribution in [2.24, 2.45) is 29.6 Å². The molecule has 2 aliphatic carbocycles. The van der Waals surface area contributed by atoms with E-state index in [1.54, 1.807) is 11.8 Å². The highest BCUT2D eigenvalue weighted by molar-refractivity contribution is 9.10. The molecule has 2 aliphatic heterocycles. The molecule has 2 bridgehead atoms. The van der Waals surface area contributed by atoms with E-state index in [0.717, 1.165) is 36.8 Å². The molecule has 8 nitrogen and oxygen atoms in total. The number of carboxylic acid groups (broad SMARTS) is 1. The molecular formula is C29H25BrN2O6S2. The first-order valence-corrected chi connectivity index (χ1v) is 15.7. The van der Waals surface area contributed by atoms with Gasteiger partial charge in [0, 0.05) is 26.1 Å². The monoisotopic (exact) mass is 640 g/mol. The van der Waals surface area contributed by atoms with Crippen LogP contribution in [0.25, 0.3) is 0 Å². The summed E-state index contributed by atoms with van der Waals surface area (Å²) >= 11 is 6.42. The molecule has 0 radical (unpaired) electrons. The smallest absolute Gasteiger partial charge is 0.326 e. The molecule has 0 spiro atoms. The van der Waals surface area contributed by atoms with Crippen LogP contribution in [0.2, 0.25) is 0 Å². The van der Waals surface area contributed by atoms with Crippen molar-refractivity contribution < 1.29 is 24.2 Å². The van der Waals surface area contributed by atoms with E-state index in [9.17, 15) is 24.3 Å². The number of imide groups is 1. The van der Waals surface area contributed by atoms with Gasteiger partial charge in [-0.1, -0.05) is 57.6 Å². The molecule has 7 rings (SSSR count). The van der Waals surface area contributed by atoms with Crippen LogP contribution in [0.3, 0.4) is 0 Å². The highest BCUT2D eigenvalue weighted by Crippen LogP contribution is 2.69. The molecule has 206 valence electrons. The number of benzene rings is 2. The fourth-order valence-corrected chi connectivity index (χ4v) is 10.8. The molecule has 1 saturated heterocycles. The van der Waals surface area contributed by atoms with Crippen molar-refractivity contribution in [1.82, 2.24) is 9.88 Å². The van der Waals surface area contributed by atoms with Crippen LogP contribution in [-0.2, 0) is 21.0 Å². The van der Waals surface area contributed by atoms with Crippen molar-refractivity contribution >= 4 is 56.8 Å². The zero-order valence-electron chi connectivity index (χ0n) is 21.3. The number of amides is 2. The number of nitrogens with one attached hydrogen (secondary N) is 1. The van der Waals surface area contributed by atoms with E-state index in [4.69, 9.17) is 4.74 Å². The van der Waals surface area contributed by atoms with Crippen molar-refractivity contribution in [2.45, 2.75) is 42.2 Å². The zero-order valence-corrected chi connectivity index (χ0v) is 24.5. The van der Waals surface area contributed by atoms with Crippen molar-refractivity contribution in [2.75, 3.05) is 0 Å². The molecule has 2 amide bonds. The maximum atomic E-state index is 13.6. The Morgan fingerprint density at radius 3 is 2.58 bits per heavy atom. The van der Waals surface area contributed by atoms with E-state index in [-0.39, 0.29) is 45.6 Å². The van der Waals surface area contributed by atoms with Gasteiger partial charge in [0.2, 0.25) is 11.8 Å². The number of hydrogen-bond acceptors (Lipinski definition) is 7. The number of aliphatic carboxylic acids is 1. The Kier molecular flexibility index (Phi) is 6.25. The van der Waals surface area contributed by atoms with Crippen LogP contribution < -0.4 is 9.61 Å². The van der Waals surface area contributed by atoms with E-state index in [0.29, 0.717) is 12.4 Å². The van der Waals surface area contributed by atoms with Gasteiger partial charge in [-0.2, -0.15) is 0 Å². The second kappa shape index (κ2) is 9.60. The molecule has 8 atom stereocenters. The number of hydrogen-bond donors (Lipinski definition) is 2. The Balaban J connectivity index is 1.31. The number of carbonyl (C=O) groups excluding carboxylic acids is 2. The number of fused-ring (bicyclic) bond motifs is 9. The number of thiazole rings is 1. The van der Waals surface area contributed by atoms with Gasteiger partial charge in [-0.05, 0) is 54.9 Å². The molecule has 2 aromatic carbocycles. The number of H-pyrrole nitrogens is 1. The highest BCUT2D eigenvalue weighted by Gasteiger charge is 2.70. The molecular weight excluding hydrogens is 616 g/mol. The van der Waals surface area contributed by atoms with Crippen molar-refractivity contribution in [1.29, 1.82) is 0 Å². The first-order chi connectivity index (χ1) is 19.2. The van der Waals surface area contributed by atoms with Crippen LogP contribution in [0.4, 0.5) is 0 Å². The maximum absolute atomic E-state index is 13.6. The third-order valence-corrected chi connectivity index (χ3v) is 12.1. The van der Waals surface area contributed by atoms with Crippen LogP contribution in [0.15, 0.2) is 62.8 Å². The number of thioether (sulfide) groups is 1. The van der Waals surface area contributed by atoms with Gasteiger partial charge in [-0.15, -0.1) is 11.8 Å². The van der Waals surface area contributed by atoms with Gasteiger partial charge in [0.05, 0.1) is 16.9 Å². The van der Waals surface area contributed by atoms with Gasteiger partial charge in [-0.3, -0.25) is 19.3 Å². The highest BCUT2D eigenvalue weighted by atomic mass is 79.9. The number of halogens is 1. The lowest BCUT2D eigenvalue weighted by atomic mass is 9.68. The summed E-state index contributed by atoms with van der Waals surface area (Å²) in [6, 6.07) is 14.6. The Morgan fingerprint density at radius 1 is 1.12 bits per heavy atom. The number of likely N-dealkylation sites (tertiary alicyclic amines) is 1. The van der Waals surface area contributed by atoms with E-state index in [2.05, 4.69) is 20.9 Å². The fraction of sp³-hybridized carbons (Fsp3) is 0.379. The molecule has 7 unspecified atom stereocenters. The zero-order chi connectivity index (χ0) is 27.9. The summed E-state index contributed by atoms with van der Waals surface area (Å²) in [5, 5.41) is 10.4. The largest absolute Gasteiger partial charge is 0.489 e. The number of aromatic amines is 1. The third-order valence-electron chi connectivity index (χ3n) is 9.05. The van der Waals surface area contributed by atoms with Crippen LogP contribution in [0.1, 0.15) is 35.3 Å². The second-order valence-electron chi connectivity index (χ2n) is 11.0. The summed E-state index contributed by atoms with van der Waals surface area (Å²) in [6.45, 7) is 1.78. The maximum Gasteiger partial charge on any atom is 0.326 e. The molecule has 11 heteroatoms. The van der Waals surface area contributed by atoms with Gasteiger partial charge in [0.1, 0.15) is 18.4 Å². The standard InChI is InChI=1S/C29H25BrN2O6S2/c1-12(28(35)36)32-26(33)21-16-10-17(22(21)27(32)34)23-20(16)19(24-25(39-23)31-29(37)40-24)15-9-14(30)7-8-18(15)38-11-13-5-3-2-4-6-13/h2-9,12,16-17,19-23H,10-11H2,1H3,(H,31,37)(H,35,36)/t12?,16?,17?,19-,20?,21?,22?,23?/m1/s1. The molecule has 40 heavy (non-hydrogen) atoms. The lowest BCUT2D eigenvalue weighted by Gasteiger charge is -2.43. The van der Waals surface area contributed by atoms with Crippen LogP contribution in [-0.4, -0.2) is 44.1 Å². The van der Waals surface area contributed by atoms with Gasteiger partial charge in [0.25, 0.3) is 0 Å². The van der Waals surface area contributed by atoms with E-state index in [1.807, 2.05) is 48.5 Å². The van der Waals surface area contributed by atoms with Gasteiger partial charge in [0.15, 0.2) is 0 Å². The average molecular weight is 642 g/mol.